The van der Waals surface area contributed by atoms with Crippen molar-refractivity contribution in [1.29, 1.82) is 0 Å². The number of aliphatic carboxylic acids is 1. The number of carbonyl (C=O) groups excluding carboxylic acids is 1. The number of rotatable bonds is 6. The number of methoxy groups -OCH3 is 1. The summed E-state index contributed by atoms with van der Waals surface area (Å²) in [6, 6.07) is 3.85. The van der Waals surface area contributed by atoms with Gasteiger partial charge < -0.3 is 25.0 Å². The zero-order chi connectivity index (χ0) is 14.4. The van der Waals surface area contributed by atoms with Crippen LogP contribution < -0.4 is 0 Å². The van der Waals surface area contributed by atoms with Crippen LogP contribution in [-0.2, 0) is 9.53 Å². The van der Waals surface area contributed by atoms with Crippen LogP contribution >= 0.6 is 0 Å². The standard InChI is InChI=1S/C12H15NO6/c1-19-6-5-13(7-10(16)17)12(18)11-8(14)3-2-4-9(11)15/h2-4,14-15H,5-7H2,1H3,(H,16,17). The molecule has 0 radical (unpaired) electrons. The molecule has 0 fully saturated rings. The van der Waals surface area contributed by atoms with E-state index in [1.165, 1.54) is 25.3 Å². The molecule has 0 aromatic heterocycles. The summed E-state index contributed by atoms with van der Waals surface area (Å²) in [6.45, 7) is -0.362. The van der Waals surface area contributed by atoms with Crippen LogP contribution in [0.25, 0.3) is 0 Å². The maximum absolute atomic E-state index is 12.1. The molecule has 0 heterocycles. The highest BCUT2D eigenvalue weighted by atomic mass is 16.5. The molecule has 1 rings (SSSR count). The van der Waals surface area contributed by atoms with E-state index in [1.54, 1.807) is 0 Å². The maximum Gasteiger partial charge on any atom is 0.323 e. The minimum absolute atomic E-state index is 0.0371. The first-order valence-electron chi connectivity index (χ1n) is 5.48. The molecule has 7 heteroatoms. The van der Waals surface area contributed by atoms with Gasteiger partial charge in [0.2, 0.25) is 0 Å². The number of ether oxygens (including phenoxy) is 1. The summed E-state index contributed by atoms with van der Waals surface area (Å²) in [6.07, 6.45) is 0. The smallest absolute Gasteiger partial charge is 0.323 e. The van der Waals surface area contributed by atoms with Crippen LogP contribution in [0.2, 0.25) is 0 Å². The van der Waals surface area contributed by atoms with Crippen molar-refractivity contribution in [3.63, 3.8) is 0 Å². The lowest BCUT2D eigenvalue weighted by Crippen LogP contribution is -2.38. The normalized spacial score (nSPS) is 10.2. The number of aromatic hydroxyl groups is 2. The molecule has 19 heavy (non-hydrogen) atoms. The molecule has 0 aliphatic carbocycles. The van der Waals surface area contributed by atoms with E-state index in [0.717, 1.165) is 4.90 Å². The quantitative estimate of drug-likeness (QED) is 0.684. The van der Waals surface area contributed by atoms with Gasteiger partial charge in [0.25, 0.3) is 5.91 Å². The molecule has 0 atom stereocenters. The number of carbonyl (C=O) groups is 2. The SMILES string of the molecule is COCCN(CC(=O)O)C(=O)c1c(O)cccc1O. The highest BCUT2D eigenvalue weighted by Gasteiger charge is 2.23. The average Bonchev–Trinajstić information content (AvgIpc) is 2.33. The maximum atomic E-state index is 12.1. The van der Waals surface area contributed by atoms with Gasteiger partial charge in [-0.15, -0.1) is 0 Å². The predicted molar refractivity (Wildman–Crippen MR) is 65.2 cm³/mol. The molecule has 0 saturated carbocycles. The number of carboxylic acids is 1. The highest BCUT2D eigenvalue weighted by molar-refractivity contribution is 6.00. The lowest BCUT2D eigenvalue weighted by molar-refractivity contribution is -0.137. The number of hydrogen-bond acceptors (Lipinski definition) is 5. The van der Waals surface area contributed by atoms with Gasteiger partial charge >= 0.3 is 5.97 Å². The summed E-state index contributed by atoms with van der Waals surface area (Å²) in [5.41, 5.74) is -0.320. The van der Waals surface area contributed by atoms with Crippen LogP contribution in [0, 0.1) is 0 Å². The van der Waals surface area contributed by atoms with Crippen molar-refractivity contribution in [2.24, 2.45) is 0 Å². The van der Waals surface area contributed by atoms with Gasteiger partial charge in [0.1, 0.15) is 23.6 Å². The van der Waals surface area contributed by atoms with E-state index in [1.807, 2.05) is 0 Å². The molecule has 1 amide bonds. The number of benzene rings is 1. The predicted octanol–water partition coefficient (Wildman–Crippen LogP) is 0.271. The zero-order valence-electron chi connectivity index (χ0n) is 10.4. The molecule has 0 unspecified atom stereocenters. The Balaban J connectivity index is 3.01. The Morgan fingerprint density at radius 2 is 1.84 bits per heavy atom. The van der Waals surface area contributed by atoms with Crippen LogP contribution in [0.3, 0.4) is 0 Å². The fraction of sp³-hybridized carbons (Fsp3) is 0.333. The lowest BCUT2D eigenvalue weighted by Gasteiger charge is -2.21. The van der Waals surface area contributed by atoms with Crippen LogP contribution in [-0.4, -0.2) is 58.9 Å². The van der Waals surface area contributed by atoms with E-state index in [4.69, 9.17) is 9.84 Å². The Morgan fingerprint density at radius 3 is 2.32 bits per heavy atom. The van der Waals surface area contributed by atoms with Crippen LogP contribution in [0.4, 0.5) is 0 Å². The van der Waals surface area contributed by atoms with Gasteiger partial charge in [0.15, 0.2) is 0 Å². The third-order valence-electron chi connectivity index (χ3n) is 2.41. The summed E-state index contributed by atoms with van der Waals surface area (Å²) in [4.78, 5) is 23.8. The lowest BCUT2D eigenvalue weighted by atomic mass is 10.1. The molecular formula is C12H15NO6. The molecule has 1 aromatic rings. The van der Waals surface area contributed by atoms with Crippen molar-refractivity contribution < 1.29 is 29.6 Å². The van der Waals surface area contributed by atoms with Gasteiger partial charge in [0, 0.05) is 13.7 Å². The zero-order valence-corrected chi connectivity index (χ0v) is 10.4. The van der Waals surface area contributed by atoms with E-state index >= 15 is 0 Å². The number of nitrogens with zero attached hydrogens (tertiary/aromatic N) is 1. The van der Waals surface area contributed by atoms with Crippen molar-refractivity contribution in [3.8, 4) is 11.5 Å². The summed E-state index contributed by atoms with van der Waals surface area (Å²) in [5.74, 6) is -2.77. The topological polar surface area (TPSA) is 107 Å². The fourth-order valence-electron chi connectivity index (χ4n) is 1.52. The molecule has 0 bridgehead atoms. The molecule has 104 valence electrons. The van der Waals surface area contributed by atoms with Gasteiger partial charge in [-0.2, -0.15) is 0 Å². The first kappa shape index (κ1) is 14.8. The molecule has 0 saturated heterocycles. The van der Waals surface area contributed by atoms with E-state index in [2.05, 4.69) is 0 Å². The Labute approximate surface area is 109 Å². The number of phenolic OH excluding ortho intramolecular Hbond substituents is 2. The van der Waals surface area contributed by atoms with Crippen molar-refractivity contribution in [1.82, 2.24) is 4.90 Å². The van der Waals surface area contributed by atoms with Gasteiger partial charge in [-0.1, -0.05) is 6.07 Å². The summed E-state index contributed by atoms with van der Waals surface area (Å²) < 4.78 is 4.79. The molecule has 0 aliphatic rings. The van der Waals surface area contributed by atoms with Gasteiger partial charge in [0.05, 0.1) is 6.61 Å². The third kappa shape index (κ3) is 3.85. The Kier molecular flexibility index (Phi) is 5.13. The van der Waals surface area contributed by atoms with Crippen LogP contribution in [0.15, 0.2) is 18.2 Å². The minimum atomic E-state index is -1.20. The number of hydrogen-bond donors (Lipinski definition) is 3. The van der Waals surface area contributed by atoms with Crippen molar-refractivity contribution in [2.75, 3.05) is 26.8 Å². The summed E-state index contributed by atoms with van der Waals surface area (Å²) in [5, 5.41) is 27.9. The van der Waals surface area contributed by atoms with Crippen molar-refractivity contribution >= 4 is 11.9 Å². The third-order valence-corrected chi connectivity index (χ3v) is 2.41. The minimum Gasteiger partial charge on any atom is -0.507 e. The Morgan fingerprint density at radius 1 is 1.26 bits per heavy atom. The van der Waals surface area contributed by atoms with Crippen LogP contribution in [0.5, 0.6) is 11.5 Å². The van der Waals surface area contributed by atoms with Crippen LogP contribution in [0.1, 0.15) is 10.4 Å². The Hall–Kier alpha value is -2.28. The molecule has 0 spiro atoms. The van der Waals surface area contributed by atoms with Gasteiger partial charge in [-0.25, -0.2) is 0 Å². The van der Waals surface area contributed by atoms with E-state index < -0.39 is 29.9 Å². The summed E-state index contributed by atoms with van der Waals surface area (Å²) in [7, 11) is 1.42. The van der Waals surface area contributed by atoms with E-state index in [0.29, 0.717) is 0 Å². The molecule has 1 aromatic carbocycles. The second kappa shape index (κ2) is 6.60. The number of phenols is 2. The van der Waals surface area contributed by atoms with Crippen molar-refractivity contribution in [2.45, 2.75) is 0 Å². The average molecular weight is 269 g/mol. The monoisotopic (exact) mass is 269 g/mol. The number of carboxylic acid groups (broad SMARTS) is 1. The van der Waals surface area contributed by atoms with Gasteiger partial charge in [-0.3, -0.25) is 9.59 Å². The first-order valence-corrected chi connectivity index (χ1v) is 5.48. The van der Waals surface area contributed by atoms with Crippen molar-refractivity contribution in [3.05, 3.63) is 23.8 Å². The first-order chi connectivity index (χ1) is 8.97. The molecule has 0 aliphatic heterocycles. The highest BCUT2D eigenvalue weighted by Crippen LogP contribution is 2.27. The van der Waals surface area contributed by atoms with E-state index in [-0.39, 0.29) is 18.7 Å². The Bertz CT molecular complexity index is 453. The fourth-order valence-corrected chi connectivity index (χ4v) is 1.52. The molecular weight excluding hydrogens is 254 g/mol. The second-order valence-electron chi connectivity index (χ2n) is 3.78. The van der Waals surface area contributed by atoms with E-state index in [9.17, 15) is 19.8 Å². The number of amides is 1. The summed E-state index contributed by atoms with van der Waals surface area (Å²) >= 11 is 0. The molecule has 3 N–H and O–H groups in total. The second-order valence-corrected chi connectivity index (χ2v) is 3.78. The largest absolute Gasteiger partial charge is 0.507 e. The molecule has 7 nitrogen and oxygen atoms in total. The van der Waals surface area contributed by atoms with Gasteiger partial charge in [-0.05, 0) is 12.1 Å².